The van der Waals surface area contributed by atoms with Gasteiger partial charge in [-0.1, -0.05) is 6.07 Å². The van der Waals surface area contributed by atoms with E-state index in [0.29, 0.717) is 19.0 Å². The third-order valence-corrected chi connectivity index (χ3v) is 9.15. The molecule has 0 radical (unpaired) electrons. The molecular formula is C29H44N6O. The molecule has 0 aromatic carbocycles. The summed E-state index contributed by atoms with van der Waals surface area (Å²) in [5.41, 5.74) is 4.83. The van der Waals surface area contributed by atoms with E-state index < -0.39 is 0 Å². The summed E-state index contributed by atoms with van der Waals surface area (Å²) in [6.45, 7) is 9.57. The molecule has 2 aromatic heterocycles. The molecule has 5 rings (SSSR count). The number of aromatic nitrogens is 3. The Morgan fingerprint density at radius 3 is 2.78 bits per heavy atom. The Bertz CT molecular complexity index is 1020. The van der Waals surface area contributed by atoms with Crippen LogP contribution in [-0.4, -0.2) is 68.7 Å². The number of likely N-dealkylation sites (tertiary alicyclic amines) is 1. The Morgan fingerprint density at radius 2 is 2.03 bits per heavy atom. The van der Waals surface area contributed by atoms with Crippen LogP contribution >= 0.6 is 0 Å². The summed E-state index contributed by atoms with van der Waals surface area (Å²) in [5, 5.41) is 7.66. The average molecular weight is 493 g/mol. The predicted octanol–water partition coefficient (Wildman–Crippen LogP) is 3.64. The van der Waals surface area contributed by atoms with E-state index in [9.17, 15) is 4.79 Å². The van der Waals surface area contributed by atoms with Gasteiger partial charge in [-0.25, -0.2) is 0 Å². The largest absolute Gasteiger partial charge is 0.356 e. The maximum Gasteiger partial charge on any atom is 0.220 e. The van der Waals surface area contributed by atoms with E-state index in [1.165, 1.54) is 62.1 Å². The van der Waals surface area contributed by atoms with Gasteiger partial charge in [0.1, 0.15) is 0 Å². The van der Waals surface area contributed by atoms with Crippen LogP contribution < -0.4 is 5.32 Å². The highest BCUT2D eigenvalue weighted by Crippen LogP contribution is 2.43. The van der Waals surface area contributed by atoms with Crippen LogP contribution in [0.25, 0.3) is 0 Å². The lowest BCUT2D eigenvalue weighted by atomic mass is 9.69. The van der Waals surface area contributed by atoms with Crippen molar-refractivity contribution in [2.75, 3.05) is 26.2 Å². The van der Waals surface area contributed by atoms with Crippen LogP contribution in [0.3, 0.4) is 0 Å². The maximum atomic E-state index is 12.7. The molecule has 1 amide bonds. The Kier molecular flexibility index (Phi) is 8.06. The van der Waals surface area contributed by atoms with Crippen LogP contribution in [0.1, 0.15) is 67.5 Å². The van der Waals surface area contributed by atoms with Gasteiger partial charge in [-0.3, -0.25) is 24.3 Å². The van der Waals surface area contributed by atoms with Gasteiger partial charge in [0, 0.05) is 63.3 Å². The smallest absolute Gasteiger partial charge is 0.220 e. The van der Waals surface area contributed by atoms with E-state index in [0.717, 1.165) is 49.4 Å². The minimum Gasteiger partial charge on any atom is -0.356 e. The Labute approximate surface area is 216 Å². The third kappa shape index (κ3) is 5.52. The van der Waals surface area contributed by atoms with Crippen LogP contribution in [-0.2, 0) is 24.8 Å². The first-order valence-corrected chi connectivity index (χ1v) is 14.1. The number of carbonyl (C=O) groups excluding carboxylic acids is 1. The molecule has 0 aliphatic carbocycles. The zero-order chi connectivity index (χ0) is 25.1. The van der Waals surface area contributed by atoms with E-state index in [1.54, 1.807) is 0 Å². The molecule has 4 atom stereocenters. The summed E-state index contributed by atoms with van der Waals surface area (Å²) >= 11 is 0. The second-order valence-corrected chi connectivity index (χ2v) is 11.4. The highest BCUT2D eigenvalue weighted by Gasteiger charge is 2.48. The van der Waals surface area contributed by atoms with Gasteiger partial charge < -0.3 is 5.32 Å². The first-order chi connectivity index (χ1) is 17.5. The molecule has 5 heterocycles. The molecule has 0 unspecified atom stereocenters. The standard InChI is InChI=1S/C29H44N6O/c1-21-25(22(2)33(3)32-21)13-15-31-28(36)12-4-11-27-26-10-7-17-34-16-6-9-24(29(26)34)20-35(27)19-23-8-5-14-30-18-23/h5,8,14,18,24,26-27,29H,4,6-7,9-13,15-17,19-20H2,1-3H3,(H,31,36)/t24-,26+,27+,29-/m0/s1. The fourth-order valence-corrected chi connectivity index (χ4v) is 7.45. The zero-order valence-electron chi connectivity index (χ0n) is 22.5. The molecule has 3 saturated heterocycles. The van der Waals surface area contributed by atoms with Gasteiger partial charge in [0.2, 0.25) is 5.91 Å². The lowest BCUT2D eigenvalue weighted by Gasteiger charge is -2.57. The summed E-state index contributed by atoms with van der Waals surface area (Å²) in [6, 6.07) is 5.57. The molecule has 3 aliphatic rings. The second kappa shape index (κ2) is 11.4. The number of amides is 1. The number of nitrogens with zero attached hydrogens (tertiary/aromatic N) is 5. The Balaban J connectivity index is 1.18. The summed E-state index contributed by atoms with van der Waals surface area (Å²) in [7, 11) is 1.98. The Morgan fingerprint density at radius 1 is 1.19 bits per heavy atom. The van der Waals surface area contributed by atoms with Crippen molar-refractivity contribution in [3.8, 4) is 0 Å². The van der Waals surface area contributed by atoms with Crippen molar-refractivity contribution >= 4 is 5.91 Å². The second-order valence-electron chi connectivity index (χ2n) is 11.4. The number of hydrogen-bond donors (Lipinski definition) is 1. The zero-order valence-corrected chi connectivity index (χ0v) is 22.5. The van der Waals surface area contributed by atoms with Crippen molar-refractivity contribution in [1.82, 2.24) is 29.9 Å². The molecule has 0 bridgehead atoms. The van der Waals surface area contributed by atoms with Gasteiger partial charge in [-0.2, -0.15) is 5.10 Å². The molecule has 0 spiro atoms. The quantitative estimate of drug-likeness (QED) is 0.579. The molecule has 7 heteroatoms. The summed E-state index contributed by atoms with van der Waals surface area (Å²) in [4.78, 5) is 22.6. The fraction of sp³-hybridized carbons (Fsp3) is 0.690. The topological polar surface area (TPSA) is 66.3 Å². The van der Waals surface area contributed by atoms with Gasteiger partial charge in [0.15, 0.2) is 0 Å². The van der Waals surface area contributed by atoms with E-state index in [2.05, 4.69) is 51.2 Å². The predicted molar refractivity (Wildman–Crippen MR) is 142 cm³/mol. The van der Waals surface area contributed by atoms with E-state index in [1.807, 2.05) is 24.1 Å². The van der Waals surface area contributed by atoms with E-state index in [-0.39, 0.29) is 5.91 Å². The van der Waals surface area contributed by atoms with Crippen LogP contribution in [0.5, 0.6) is 0 Å². The average Bonchev–Trinajstić information content (AvgIpc) is 3.12. The van der Waals surface area contributed by atoms with Gasteiger partial charge in [-0.15, -0.1) is 0 Å². The summed E-state index contributed by atoms with van der Waals surface area (Å²) in [6.07, 6.45) is 12.8. The molecule has 3 aliphatic heterocycles. The lowest BCUT2D eigenvalue weighted by molar-refractivity contribution is -0.121. The molecule has 196 valence electrons. The molecule has 2 aromatic rings. The number of aryl methyl sites for hydroxylation is 2. The van der Waals surface area contributed by atoms with Crippen LogP contribution in [0.4, 0.5) is 0 Å². The number of pyridine rings is 1. The third-order valence-electron chi connectivity index (χ3n) is 9.15. The molecule has 7 nitrogen and oxygen atoms in total. The number of piperidine rings is 3. The van der Waals surface area contributed by atoms with Crippen molar-refractivity contribution in [2.24, 2.45) is 18.9 Å². The number of nitrogens with one attached hydrogen (secondary N) is 1. The van der Waals surface area contributed by atoms with Crippen molar-refractivity contribution < 1.29 is 4.79 Å². The highest BCUT2D eigenvalue weighted by atomic mass is 16.1. The van der Waals surface area contributed by atoms with Gasteiger partial charge in [-0.05, 0) is 101 Å². The maximum absolute atomic E-state index is 12.7. The number of hydrogen-bond acceptors (Lipinski definition) is 5. The summed E-state index contributed by atoms with van der Waals surface area (Å²) < 4.78 is 1.93. The minimum absolute atomic E-state index is 0.185. The van der Waals surface area contributed by atoms with E-state index in [4.69, 9.17) is 0 Å². The minimum atomic E-state index is 0.185. The van der Waals surface area contributed by atoms with Gasteiger partial charge >= 0.3 is 0 Å². The molecule has 0 saturated carbocycles. The lowest BCUT2D eigenvalue weighted by Crippen LogP contribution is -2.64. The fourth-order valence-electron chi connectivity index (χ4n) is 7.45. The van der Waals surface area contributed by atoms with Crippen LogP contribution in [0.2, 0.25) is 0 Å². The van der Waals surface area contributed by atoms with Gasteiger partial charge in [0.25, 0.3) is 0 Å². The van der Waals surface area contributed by atoms with Crippen molar-refractivity contribution in [3.05, 3.63) is 47.0 Å². The van der Waals surface area contributed by atoms with Crippen molar-refractivity contribution in [1.29, 1.82) is 0 Å². The first-order valence-electron chi connectivity index (χ1n) is 14.1. The van der Waals surface area contributed by atoms with Crippen LogP contribution in [0, 0.1) is 25.7 Å². The highest BCUT2D eigenvalue weighted by molar-refractivity contribution is 5.75. The molecule has 3 fully saturated rings. The number of rotatable bonds is 9. The van der Waals surface area contributed by atoms with Gasteiger partial charge in [0.05, 0.1) is 5.69 Å². The molecule has 36 heavy (non-hydrogen) atoms. The summed E-state index contributed by atoms with van der Waals surface area (Å²) in [5.74, 6) is 1.71. The van der Waals surface area contributed by atoms with E-state index >= 15 is 0 Å². The molecular weight excluding hydrogens is 448 g/mol. The van der Waals surface area contributed by atoms with Crippen LogP contribution in [0.15, 0.2) is 24.5 Å². The SMILES string of the molecule is Cc1nn(C)c(C)c1CCNC(=O)CCC[C@@H]1[C@H]2CCCN3CCC[C@@H](CN1Cc1cccnc1)[C@@H]23. The molecule has 1 N–H and O–H groups in total. The van der Waals surface area contributed by atoms with Crippen molar-refractivity contribution in [3.63, 3.8) is 0 Å². The number of carbonyl (C=O) groups is 1. The van der Waals surface area contributed by atoms with Crippen molar-refractivity contribution in [2.45, 2.75) is 83.8 Å². The normalized spacial score (nSPS) is 26.5. The monoisotopic (exact) mass is 492 g/mol. The first kappa shape index (κ1) is 25.4. The Hall–Kier alpha value is -2.25.